The van der Waals surface area contributed by atoms with Crippen LogP contribution < -0.4 is 10.1 Å². The van der Waals surface area contributed by atoms with Gasteiger partial charge in [-0.2, -0.15) is 0 Å². The van der Waals surface area contributed by atoms with E-state index in [1.165, 1.54) is 6.07 Å². The van der Waals surface area contributed by atoms with Crippen LogP contribution in [0.3, 0.4) is 0 Å². The van der Waals surface area contributed by atoms with Gasteiger partial charge in [0.1, 0.15) is 6.61 Å². The number of para-hydroxylation sites is 1. The number of morpholine rings is 1. The summed E-state index contributed by atoms with van der Waals surface area (Å²) in [7, 11) is 2.09. The molecule has 2 rings (SSSR count). The molecule has 1 aromatic rings. The maximum atomic E-state index is 13.3. The number of nitrogens with zero attached hydrogens (tertiary/aromatic N) is 1. The quantitative estimate of drug-likeness (QED) is 0.784. The lowest BCUT2D eigenvalue weighted by Crippen LogP contribution is -2.45. The Labute approximate surface area is 113 Å². The van der Waals surface area contributed by atoms with E-state index in [0.29, 0.717) is 18.9 Å². The Morgan fingerprint density at radius 1 is 1.47 bits per heavy atom. The van der Waals surface area contributed by atoms with Gasteiger partial charge in [-0.1, -0.05) is 12.1 Å². The summed E-state index contributed by atoms with van der Waals surface area (Å²) in [5.41, 5.74) is 0. The minimum atomic E-state index is -0.320. The summed E-state index contributed by atoms with van der Waals surface area (Å²) in [5.74, 6) is -0.0160. The van der Waals surface area contributed by atoms with Gasteiger partial charge in [0.25, 0.3) is 0 Å². The molecule has 0 aromatic heterocycles. The van der Waals surface area contributed by atoms with Gasteiger partial charge >= 0.3 is 0 Å². The predicted molar refractivity (Wildman–Crippen MR) is 72.0 cm³/mol. The molecule has 0 aliphatic carbocycles. The first-order valence-corrected chi connectivity index (χ1v) is 6.64. The minimum Gasteiger partial charge on any atom is -0.489 e. The molecule has 0 unspecified atom stereocenters. The number of hydrogen-bond donors (Lipinski definition) is 1. The monoisotopic (exact) mass is 268 g/mol. The summed E-state index contributed by atoms with van der Waals surface area (Å²) in [5, 5.41) is 3.27. The van der Waals surface area contributed by atoms with Crippen molar-refractivity contribution in [2.45, 2.75) is 6.10 Å². The Morgan fingerprint density at radius 3 is 3.11 bits per heavy atom. The van der Waals surface area contributed by atoms with Crippen molar-refractivity contribution in [1.82, 2.24) is 10.2 Å². The van der Waals surface area contributed by atoms with Gasteiger partial charge in [0, 0.05) is 26.2 Å². The molecule has 1 atom stereocenters. The van der Waals surface area contributed by atoms with E-state index in [2.05, 4.69) is 17.3 Å². The third kappa shape index (κ3) is 4.78. The Hall–Kier alpha value is -1.17. The van der Waals surface area contributed by atoms with E-state index in [9.17, 15) is 4.39 Å². The zero-order chi connectivity index (χ0) is 13.5. The smallest absolute Gasteiger partial charge is 0.165 e. The molecule has 0 amide bonds. The minimum absolute atomic E-state index is 0.229. The van der Waals surface area contributed by atoms with E-state index >= 15 is 0 Å². The molecular formula is C14H21FN2O2. The van der Waals surface area contributed by atoms with Gasteiger partial charge in [0.2, 0.25) is 0 Å². The predicted octanol–water partition coefficient (Wildman–Crippen LogP) is 1.12. The molecular weight excluding hydrogens is 247 g/mol. The number of halogens is 1. The third-order valence-electron chi connectivity index (χ3n) is 3.09. The van der Waals surface area contributed by atoms with E-state index in [1.807, 2.05) is 0 Å². The van der Waals surface area contributed by atoms with Crippen LogP contribution in [0.1, 0.15) is 0 Å². The van der Waals surface area contributed by atoms with Crippen molar-refractivity contribution in [3.05, 3.63) is 30.1 Å². The van der Waals surface area contributed by atoms with Gasteiger partial charge in [-0.3, -0.25) is 0 Å². The number of rotatable bonds is 6. The van der Waals surface area contributed by atoms with Crippen LogP contribution in [-0.2, 0) is 4.74 Å². The molecule has 106 valence electrons. The highest BCUT2D eigenvalue weighted by Gasteiger charge is 2.16. The fourth-order valence-corrected chi connectivity index (χ4v) is 2.05. The highest BCUT2D eigenvalue weighted by atomic mass is 19.1. The van der Waals surface area contributed by atoms with Crippen LogP contribution in [0.2, 0.25) is 0 Å². The Bertz CT molecular complexity index is 389. The van der Waals surface area contributed by atoms with Crippen molar-refractivity contribution in [2.24, 2.45) is 0 Å². The van der Waals surface area contributed by atoms with Crippen LogP contribution in [0.5, 0.6) is 5.75 Å². The highest BCUT2D eigenvalue weighted by Crippen LogP contribution is 2.14. The molecule has 19 heavy (non-hydrogen) atoms. The second-order valence-electron chi connectivity index (χ2n) is 4.74. The fourth-order valence-electron chi connectivity index (χ4n) is 2.05. The van der Waals surface area contributed by atoms with Crippen molar-refractivity contribution in [3.63, 3.8) is 0 Å². The third-order valence-corrected chi connectivity index (χ3v) is 3.09. The SMILES string of the molecule is CN1CCO[C@H](CNCCOc2ccccc2F)C1. The van der Waals surface area contributed by atoms with Crippen LogP contribution in [0.25, 0.3) is 0 Å². The number of ether oxygens (including phenoxy) is 2. The summed E-state index contributed by atoms with van der Waals surface area (Å²) in [6.45, 7) is 4.65. The van der Waals surface area contributed by atoms with Crippen molar-refractivity contribution in [2.75, 3.05) is 46.4 Å². The molecule has 1 aliphatic rings. The van der Waals surface area contributed by atoms with Crippen molar-refractivity contribution in [3.8, 4) is 5.75 Å². The lowest BCUT2D eigenvalue weighted by Gasteiger charge is -2.30. The number of benzene rings is 1. The van der Waals surface area contributed by atoms with Crippen molar-refractivity contribution >= 4 is 0 Å². The average Bonchev–Trinajstić information content (AvgIpc) is 2.40. The number of nitrogens with one attached hydrogen (secondary N) is 1. The van der Waals surface area contributed by atoms with Crippen LogP contribution in [-0.4, -0.2) is 57.4 Å². The molecule has 5 heteroatoms. The number of likely N-dealkylation sites (N-methyl/N-ethyl adjacent to an activating group) is 1. The zero-order valence-electron chi connectivity index (χ0n) is 11.3. The van der Waals surface area contributed by atoms with E-state index in [0.717, 1.165) is 26.2 Å². The standard InChI is InChI=1S/C14H21FN2O2/c1-17-7-9-18-12(11-17)10-16-6-8-19-14-5-3-2-4-13(14)15/h2-5,12,16H,6-11H2,1H3/t12-/m1/s1. The Morgan fingerprint density at radius 2 is 2.32 bits per heavy atom. The van der Waals surface area contributed by atoms with Crippen LogP contribution in [0, 0.1) is 5.82 Å². The summed E-state index contributed by atoms with van der Waals surface area (Å²) < 4.78 is 24.2. The topological polar surface area (TPSA) is 33.7 Å². The largest absolute Gasteiger partial charge is 0.489 e. The molecule has 1 N–H and O–H groups in total. The molecule has 0 spiro atoms. The summed E-state index contributed by atoms with van der Waals surface area (Å²) in [6, 6.07) is 6.44. The van der Waals surface area contributed by atoms with E-state index in [1.54, 1.807) is 18.2 Å². The van der Waals surface area contributed by atoms with Gasteiger partial charge in [-0.05, 0) is 19.2 Å². The molecule has 1 fully saturated rings. The molecule has 0 bridgehead atoms. The van der Waals surface area contributed by atoms with E-state index < -0.39 is 0 Å². The lowest BCUT2D eigenvalue weighted by atomic mass is 10.3. The van der Waals surface area contributed by atoms with Gasteiger partial charge in [0.05, 0.1) is 12.7 Å². The molecule has 0 radical (unpaired) electrons. The maximum Gasteiger partial charge on any atom is 0.165 e. The molecule has 1 heterocycles. The molecule has 1 aromatic carbocycles. The first-order valence-electron chi connectivity index (χ1n) is 6.64. The molecule has 0 saturated carbocycles. The second-order valence-corrected chi connectivity index (χ2v) is 4.74. The lowest BCUT2D eigenvalue weighted by molar-refractivity contribution is -0.0182. The summed E-state index contributed by atoms with van der Waals surface area (Å²) >= 11 is 0. The second kappa shape index (κ2) is 7.43. The fraction of sp³-hybridized carbons (Fsp3) is 0.571. The first-order chi connectivity index (χ1) is 9.25. The van der Waals surface area contributed by atoms with Crippen LogP contribution >= 0.6 is 0 Å². The van der Waals surface area contributed by atoms with Gasteiger partial charge in [-0.15, -0.1) is 0 Å². The van der Waals surface area contributed by atoms with Crippen LogP contribution in [0.4, 0.5) is 4.39 Å². The molecule has 1 aliphatic heterocycles. The van der Waals surface area contributed by atoms with Crippen molar-refractivity contribution in [1.29, 1.82) is 0 Å². The van der Waals surface area contributed by atoms with E-state index in [-0.39, 0.29) is 11.9 Å². The van der Waals surface area contributed by atoms with Gasteiger partial charge in [0.15, 0.2) is 11.6 Å². The summed E-state index contributed by atoms with van der Waals surface area (Å²) in [6.07, 6.45) is 0.229. The Kier molecular flexibility index (Phi) is 5.57. The Balaban J connectivity index is 1.58. The zero-order valence-corrected chi connectivity index (χ0v) is 11.3. The number of hydrogen-bond acceptors (Lipinski definition) is 4. The normalized spacial score (nSPS) is 20.4. The highest BCUT2D eigenvalue weighted by molar-refractivity contribution is 5.23. The van der Waals surface area contributed by atoms with E-state index in [4.69, 9.17) is 9.47 Å². The van der Waals surface area contributed by atoms with Crippen molar-refractivity contribution < 1.29 is 13.9 Å². The summed E-state index contributed by atoms with van der Waals surface area (Å²) in [4.78, 5) is 2.26. The molecule has 4 nitrogen and oxygen atoms in total. The molecule has 1 saturated heterocycles. The van der Waals surface area contributed by atoms with Gasteiger partial charge in [-0.25, -0.2) is 4.39 Å². The van der Waals surface area contributed by atoms with Crippen LogP contribution in [0.15, 0.2) is 24.3 Å². The first kappa shape index (κ1) is 14.2. The van der Waals surface area contributed by atoms with Gasteiger partial charge < -0.3 is 19.7 Å². The average molecular weight is 268 g/mol. The maximum absolute atomic E-state index is 13.3.